The lowest BCUT2D eigenvalue weighted by Gasteiger charge is -2.16. The van der Waals surface area contributed by atoms with Gasteiger partial charge in [0.05, 0.1) is 11.3 Å². The van der Waals surface area contributed by atoms with Gasteiger partial charge in [0.15, 0.2) is 0 Å². The third-order valence-electron chi connectivity index (χ3n) is 1.99. The summed E-state index contributed by atoms with van der Waals surface area (Å²) in [7, 11) is 0. The molecule has 0 aromatic rings. The maximum Gasteiger partial charge on any atom is 0.129 e. The molecule has 0 aromatic carbocycles. The molecule has 2 rings (SSSR count). The van der Waals surface area contributed by atoms with Crippen LogP contribution < -0.4 is 0 Å². The molecule has 0 amide bonds. The monoisotopic (exact) mass is 168 g/mol. The van der Waals surface area contributed by atoms with Crippen molar-refractivity contribution >= 4 is 11.6 Å². The zero-order valence-electron chi connectivity index (χ0n) is 6.30. The molecular formula is C9H9ClO. The average Bonchev–Trinajstić information content (AvgIpc) is 2.34. The molecule has 2 aliphatic rings. The minimum Gasteiger partial charge on any atom is -0.467 e. The van der Waals surface area contributed by atoms with Gasteiger partial charge in [0.1, 0.15) is 5.76 Å². The van der Waals surface area contributed by atoms with E-state index >= 15 is 0 Å². The summed E-state index contributed by atoms with van der Waals surface area (Å²) in [5.74, 6) is 1.31. The minimum absolute atomic E-state index is 0.396. The smallest absolute Gasteiger partial charge is 0.129 e. The number of hydrogen-bond acceptors (Lipinski definition) is 1. The van der Waals surface area contributed by atoms with Gasteiger partial charge in [-0.05, 0) is 25.5 Å². The predicted molar refractivity (Wildman–Crippen MR) is 45.0 cm³/mol. The van der Waals surface area contributed by atoms with Crippen molar-refractivity contribution in [3.8, 4) is 0 Å². The Labute approximate surface area is 71.0 Å². The Morgan fingerprint density at radius 3 is 3.27 bits per heavy atom. The van der Waals surface area contributed by atoms with E-state index in [1.807, 2.05) is 12.2 Å². The van der Waals surface area contributed by atoms with E-state index in [2.05, 4.69) is 6.92 Å². The van der Waals surface area contributed by atoms with Crippen LogP contribution in [0.15, 0.2) is 34.8 Å². The molecule has 1 aliphatic heterocycles. The molecule has 1 nitrogen and oxygen atoms in total. The fraction of sp³-hybridized carbons (Fsp3) is 0.333. The zero-order valence-corrected chi connectivity index (χ0v) is 7.06. The van der Waals surface area contributed by atoms with Crippen molar-refractivity contribution in [1.29, 1.82) is 0 Å². The Morgan fingerprint density at radius 2 is 2.45 bits per heavy atom. The molecule has 11 heavy (non-hydrogen) atoms. The van der Waals surface area contributed by atoms with Gasteiger partial charge in [-0.15, -0.1) is 0 Å². The second kappa shape index (κ2) is 2.42. The molecule has 1 heterocycles. The third kappa shape index (κ3) is 1.10. The SMILES string of the molecule is CC1=CC(Cl)=C2OC=CC2C1. The van der Waals surface area contributed by atoms with E-state index in [1.165, 1.54) is 5.57 Å². The van der Waals surface area contributed by atoms with Gasteiger partial charge in [-0.1, -0.05) is 17.2 Å². The second-order valence-corrected chi connectivity index (χ2v) is 3.37. The van der Waals surface area contributed by atoms with Crippen LogP contribution in [0, 0.1) is 5.92 Å². The fourth-order valence-corrected chi connectivity index (χ4v) is 1.84. The molecule has 2 heteroatoms. The van der Waals surface area contributed by atoms with Crippen LogP contribution in [-0.2, 0) is 4.74 Å². The largest absolute Gasteiger partial charge is 0.467 e. The minimum atomic E-state index is 0.396. The predicted octanol–water partition coefficient (Wildman–Crippen LogP) is 2.95. The van der Waals surface area contributed by atoms with E-state index in [1.54, 1.807) is 6.26 Å². The standard InChI is InChI=1S/C9H9ClO/c1-6-4-7-2-3-11-9(7)8(10)5-6/h2-3,5,7H,4H2,1H3. The maximum absolute atomic E-state index is 5.95. The van der Waals surface area contributed by atoms with E-state index in [4.69, 9.17) is 16.3 Å². The lowest BCUT2D eigenvalue weighted by molar-refractivity contribution is 0.337. The van der Waals surface area contributed by atoms with Crippen LogP contribution in [0.4, 0.5) is 0 Å². The summed E-state index contributed by atoms with van der Waals surface area (Å²) < 4.78 is 5.24. The molecule has 1 unspecified atom stereocenters. The summed E-state index contributed by atoms with van der Waals surface area (Å²) in [5, 5.41) is 0.753. The first-order chi connectivity index (χ1) is 5.27. The van der Waals surface area contributed by atoms with E-state index in [0.29, 0.717) is 5.92 Å². The summed E-state index contributed by atoms with van der Waals surface area (Å²) in [6.45, 7) is 2.09. The number of hydrogen-bond donors (Lipinski definition) is 0. The Bertz CT molecular complexity index is 273. The van der Waals surface area contributed by atoms with Gasteiger partial charge in [0.2, 0.25) is 0 Å². The molecule has 0 N–H and O–H groups in total. The van der Waals surface area contributed by atoms with E-state index < -0.39 is 0 Å². The zero-order chi connectivity index (χ0) is 7.84. The molecule has 1 aliphatic carbocycles. The molecule has 0 bridgehead atoms. The van der Waals surface area contributed by atoms with Gasteiger partial charge in [-0.3, -0.25) is 0 Å². The molecule has 0 radical (unpaired) electrons. The summed E-state index contributed by atoms with van der Waals surface area (Å²) in [4.78, 5) is 0. The number of fused-ring (bicyclic) bond motifs is 1. The van der Waals surface area contributed by atoms with Crippen molar-refractivity contribution in [3.63, 3.8) is 0 Å². The highest BCUT2D eigenvalue weighted by Crippen LogP contribution is 2.36. The highest BCUT2D eigenvalue weighted by molar-refractivity contribution is 6.31. The van der Waals surface area contributed by atoms with Crippen molar-refractivity contribution < 1.29 is 4.74 Å². The summed E-state index contributed by atoms with van der Waals surface area (Å²) in [5.41, 5.74) is 1.32. The summed E-state index contributed by atoms with van der Waals surface area (Å²) in [6.07, 6.45) is 6.78. The third-order valence-corrected chi connectivity index (χ3v) is 2.29. The van der Waals surface area contributed by atoms with E-state index in [9.17, 15) is 0 Å². The van der Waals surface area contributed by atoms with E-state index in [0.717, 1.165) is 17.2 Å². The molecule has 58 valence electrons. The normalized spacial score (nSPS) is 28.2. The Hall–Kier alpha value is -0.690. The molecule has 1 atom stereocenters. The second-order valence-electron chi connectivity index (χ2n) is 2.96. The molecule has 0 spiro atoms. The van der Waals surface area contributed by atoms with E-state index in [-0.39, 0.29) is 0 Å². The van der Waals surface area contributed by atoms with Gasteiger partial charge >= 0.3 is 0 Å². The molecular weight excluding hydrogens is 160 g/mol. The van der Waals surface area contributed by atoms with Crippen LogP contribution in [0.1, 0.15) is 13.3 Å². The van der Waals surface area contributed by atoms with Crippen LogP contribution in [0.3, 0.4) is 0 Å². The van der Waals surface area contributed by atoms with Gasteiger partial charge in [-0.2, -0.15) is 0 Å². The van der Waals surface area contributed by atoms with Gasteiger partial charge in [0, 0.05) is 5.92 Å². The molecule has 0 aromatic heterocycles. The van der Waals surface area contributed by atoms with Crippen molar-refractivity contribution in [2.24, 2.45) is 5.92 Å². The Balaban J connectivity index is 2.39. The van der Waals surface area contributed by atoms with Crippen molar-refractivity contribution in [2.45, 2.75) is 13.3 Å². The van der Waals surface area contributed by atoms with Crippen LogP contribution >= 0.6 is 11.6 Å². The Kier molecular flexibility index (Phi) is 1.53. The highest BCUT2D eigenvalue weighted by atomic mass is 35.5. The van der Waals surface area contributed by atoms with Gasteiger partial charge < -0.3 is 4.74 Å². The van der Waals surface area contributed by atoms with Crippen molar-refractivity contribution in [1.82, 2.24) is 0 Å². The molecule has 0 saturated carbocycles. The first kappa shape index (κ1) is 6.99. The topological polar surface area (TPSA) is 9.23 Å². The first-order valence-corrected chi connectivity index (χ1v) is 4.05. The van der Waals surface area contributed by atoms with Gasteiger partial charge in [-0.25, -0.2) is 0 Å². The van der Waals surface area contributed by atoms with Crippen LogP contribution in [0.25, 0.3) is 0 Å². The number of ether oxygens (including phenoxy) is 1. The van der Waals surface area contributed by atoms with Crippen LogP contribution in [-0.4, -0.2) is 0 Å². The summed E-state index contributed by atoms with van der Waals surface area (Å²) in [6, 6.07) is 0. The number of allylic oxidation sites excluding steroid dienone is 4. The lowest BCUT2D eigenvalue weighted by atomic mass is 9.94. The molecule has 0 fully saturated rings. The average molecular weight is 169 g/mol. The quantitative estimate of drug-likeness (QED) is 0.541. The summed E-state index contributed by atoms with van der Waals surface area (Å²) >= 11 is 5.95. The lowest BCUT2D eigenvalue weighted by Crippen LogP contribution is -2.04. The van der Waals surface area contributed by atoms with Crippen LogP contribution in [0.5, 0.6) is 0 Å². The van der Waals surface area contributed by atoms with Crippen molar-refractivity contribution in [2.75, 3.05) is 0 Å². The number of halogens is 1. The van der Waals surface area contributed by atoms with Gasteiger partial charge in [0.25, 0.3) is 0 Å². The number of rotatable bonds is 0. The first-order valence-electron chi connectivity index (χ1n) is 3.67. The van der Waals surface area contributed by atoms with Crippen molar-refractivity contribution in [3.05, 3.63) is 34.8 Å². The Morgan fingerprint density at radius 1 is 1.64 bits per heavy atom. The fourth-order valence-electron chi connectivity index (χ4n) is 1.47. The van der Waals surface area contributed by atoms with Crippen LogP contribution in [0.2, 0.25) is 0 Å². The highest BCUT2D eigenvalue weighted by Gasteiger charge is 2.24. The maximum atomic E-state index is 5.95. The molecule has 0 saturated heterocycles.